The van der Waals surface area contributed by atoms with E-state index in [1.807, 2.05) is 25.1 Å². The number of carbonyl (C=O) groups is 1. The Morgan fingerprint density at radius 1 is 0.615 bits per heavy atom. The number of hydrogen-bond acceptors (Lipinski definition) is 2. The average Bonchev–Trinajstić information content (AvgIpc) is 3.33. The van der Waals surface area contributed by atoms with Crippen molar-refractivity contribution < 1.29 is 9.53 Å². The molecule has 1 aliphatic carbocycles. The number of hydrogen-bond donors (Lipinski definition) is 0. The van der Waals surface area contributed by atoms with Crippen molar-refractivity contribution in [1.29, 1.82) is 0 Å². The maximum atomic E-state index is 13.7. The number of ether oxygens (including phenoxy) is 1. The SMILES string of the molecule is CC(CC(c1ccccc1)(c1ccccc1)c1ccccc1)C(=O)OCC1c2ccccc2-c2ccccc21. The Balaban J connectivity index is 1.31. The molecule has 6 rings (SSSR count). The molecule has 2 nitrogen and oxygen atoms in total. The molecule has 0 aliphatic heterocycles. The topological polar surface area (TPSA) is 26.3 Å². The zero-order valence-electron chi connectivity index (χ0n) is 22.2. The van der Waals surface area contributed by atoms with Gasteiger partial charge in [0, 0.05) is 11.3 Å². The summed E-state index contributed by atoms with van der Waals surface area (Å²) in [5.41, 5.74) is 7.94. The standard InChI is InChI=1S/C37H32O2/c1-27(36(38)39-26-35-33-23-13-11-21-31(33)32-22-12-14-24-34(32)35)25-37(28-15-5-2-6-16-28,29-17-7-3-8-18-29)30-19-9-4-10-20-30/h2-24,27,35H,25-26H2,1H3. The van der Waals surface area contributed by atoms with Gasteiger partial charge in [-0.3, -0.25) is 4.79 Å². The van der Waals surface area contributed by atoms with E-state index in [9.17, 15) is 4.79 Å². The van der Waals surface area contributed by atoms with Crippen LogP contribution in [0.25, 0.3) is 11.1 Å². The molecule has 1 atom stereocenters. The minimum Gasteiger partial charge on any atom is -0.464 e. The van der Waals surface area contributed by atoms with Crippen LogP contribution >= 0.6 is 0 Å². The first-order valence-electron chi connectivity index (χ1n) is 13.7. The second-order valence-electron chi connectivity index (χ2n) is 10.5. The third kappa shape index (κ3) is 4.57. The molecule has 1 unspecified atom stereocenters. The van der Waals surface area contributed by atoms with Crippen LogP contribution in [0.2, 0.25) is 0 Å². The van der Waals surface area contributed by atoms with Crippen LogP contribution in [-0.2, 0) is 14.9 Å². The van der Waals surface area contributed by atoms with Crippen molar-refractivity contribution in [3.05, 3.63) is 167 Å². The highest BCUT2D eigenvalue weighted by molar-refractivity contribution is 5.79. The Morgan fingerprint density at radius 3 is 1.44 bits per heavy atom. The molecule has 0 bridgehead atoms. The number of benzene rings is 5. The lowest BCUT2D eigenvalue weighted by Gasteiger charge is -2.37. The van der Waals surface area contributed by atoms with Gasteiger partial charge in [-0.15, -0.1) is 0 Å². The fraction of sp³-hybridized carbons (Fsp3) is 0.162. The van der Waals surface area contributed by atoms with E-state index in [4.69, 9.17) is 4.74 Å². The largest absolute Gasteiger partial charge is 0.464 e. The predicted octanol–water partition coefficient (Wildman–Crippen LogP) is 8.40. The van der Waals surface area contributed by atoms with Crippen LogP contribution in [0.4, 0.5) is 0 Å². The molecule has 1 aliphatic rings. The van der Waals surface area contributed by atoms with Crippen LogP contribution in [0.15, 0.2) is 140 Å². The maximum absolute atomic E-state index is 13.7. The van der Waals surface area contributed by atoms with Crippen molar-refractivity contribution in [3.63, 3.8) is 0 Å². The Labute approximate surface area is 230 Å². The van der Waals surface area contributed by atoms with Crippen molar-refractivity contribution >= 4 is 5.97 Å². The first-order chi connectivity index (χ1) is 19.2. The fourth-order valence-corrected chi connectivity index (χ4v) is 6.31. The first-order valence-corrected chi connectivity index (χ1v) is 13.7. The zero-order valence-corrected chi connectivity index (χ0v) is 22.2. The summed E-state index contributed by atoms with van der Waals surface area (Å²) in [5, 5.41) is 0. The van der Waals surface area contributed by atoms with E-state index in [1.165, 1.54) is 38.9 Å². The van der Waals surface area contributed by atoms with Gasteiger partial charge in [-0.2, -0.15) is 0 Å². The molecule has 0 saturated carbocycles. The van der Waals surface area contributed by atoms with Crippen molar-refractivity contribution in [2.45, 2.75) is 24.7 Å². The molecule has 0 amide bonds. The number of fused-ring (bicyclic) bond motifs is 3. The highest BCUT2D eigenvalue weighted by Crippen LogP contribution is 2.46. The predicted molar refractivity (Wildman–Crippen MR) is 158 cm³/mol. The molecule has 0 aromatic heterocycles. The smallest absolute Gasteiger partial charge is 0.308 e. The van der Waals surface area contributed by atoms with Gasteiger partial charge < -0.3 is 4.74 Å². The van der Waals surface area contributed by atoms with Crippen molar-refractivity contribution in [3.8, 4) is 11.1 Å². The molecule has 2 heteroatoms. The Hall–Kier alpha value is -4.43. The van der Waals surface area contributed by atoms with Gasteiger partial charge >= 0.3 is 5.97 Å². The van der Waals surface area contributed by atoms with E-state index in [1.54, 1.807) is 0 Å². The molecule has 5 aromatic carbocycles. The summed E-state index contributed by atoms with van der Waals surface area (Å²) in [6.07, 6.45) is 0.599. The van der Waals surface area contributed by atoms with Crippen molar-refractivity contribution in [1.82, 2.24) is 0 Å². The van der Waals surface area contributed by atoms with Crippen LogP contribution in [-0.4, -0.2) is 12.6 Å². The van der Waals surface area contributed by atoms with E-state index in [2.05, 4.69) is 121 Å². The maximum Gasteiger partial charge on any atom is 0.308 e. The molecule has 0 radical (unpaired) electrons. The number of rotatable bonds is 8. The molecule has 0 spiro atoms. The van der Waals surface area contributed by atoms with E-state index in [0.29, 0.717) is 13.0 Å². The Morgan fingerprint density at radius 2 is 1.00 bits per heavy atom. The van der Waals surface area contributed by atoms with Crippen LogP contribution in [0.3, 0.4) is 0 Å². The summed E-state index contributed by atoms with van der Waals surface area (Å²) in [7, 11) is 0. The lowest BCUT2D eigenvalue weighted by Crippen LogP contribution is -2.34. The lowest BCUT2D eigenvalue weighted by molar-refractivity contribution is -0.148. The zero-order chi connectivity index (χ0) is 26.7. The molecule has 0 fully saturated rings. The molecule has 0 saturated heterocycles. The average molecular weight is 509 g/mol. The summed E-state index contributed by atoms with van der Waals surface area (Å²) in [6.45, 7) is 2.34. The van der Waals surface area contributed by atoms with Crippen LogP contribution in [0, 0.1) is 5.92 Å². The highest BCUT2D eigenvalue weighted by Gasteiger charge is 2.39. The quantitative estimate of drug-likeness (QED) is 0.155. The minimum atomic E-state index is -0.491. The molecule has 0 heterocycles. The Kier molecular flexibility index (Phi) is 6.85. The number of carbonyl (C=O) groups excluding carboxylic acids is 1. The fourth-order valence-electron chi connectivity index (χ4n) is 6.31. The van der Waals surface area contributed by atoms with Gasteiger partial charge in [-0.1, -0.05) is 146 Å². The second-order valence-corrected chi connectivity index (χ2v) is 10.5. The van der Waals surface area contributed by atoms with E-state index >= 15 is 0 Å². The molecular formula is C37H32O2. The normalized spacial score (nSPS) is 13.4. The van der Waals surface area contributed by atoms with Crippen LogP contribution in [0.1, 0.15) is 47.1 Å². The molecule has 39 heavy (non-hydrogen) atoms. The second kappa shape index (κ2) is 10.7. The van der Waals surface area contributed by atoms with E-state index in [-0.39, 0.29) is 17.8 Å². The van der Waals surface area contributed by atoms with Crippen molar-refractivity contribution in [2.24, 2.45) is 5.92 Å². The monoisotopic (exact) mass is 508 g/mol. The molecular weight excluding hydrogens is 476 g/mol. The summed E-state index contributed by atoms with van der Waals surface area (Å²) in [6, 6.07) is 48.5. The minimum absolute atomic E-state index is 0.0516. The molecule has 5 aromatic rings. The van der Waals surface area contributed by atoms with Gasteiger partial charge in [-0.25, -0.2) is 0 Å². The Bertz CT molecular complexity index is 1420. The summed E-state index contributed by atoms with van der Waals surface area (Å²) in [4.78, 5) is 13.7. The summed E-state index contributed by atoms with van der Waals surface area (Å²) in [5.74, 6) is -0.433. The third-order valence-corrected chi connectivity index (χ3v) is 8.17. The number of esters is 1. The molecule has 192 valence electrons. The van der Waals surface area contributed by atoms with Crippen molar-refractivity contribution in [2.75, 3.05) is 6.61 Å². The van der Waals surface area contributed by atoms with Crippen LogP contribution in [0.5, 0.6) is 0 Å². The summed E-state index contributed by atoms with van der Waals surface area (Å²) >= 11 is 0. The van der Waals surface area contributed by atoms with Gasteiger partial charge in [0.05, 0.1) is 5.92 Å². The van der Waals surface area contributed by atoms with Gasteiger partial charge in [-0.05, 0) is 45.4 Å². The van der Waals surface area contributed by atoms with E-state index in [0.717, 1.165) is 0 Å². The van der Waals surface area contributed by atoms with E-state index < -0.39 is 5.41 Å². The van der Waals surface area contributed by atoms with Crippen LogP contribution < -0.4 is 0 Å². The third-order valence-electron chi connectivity index (χ3n) is 8.17. The van der Waals surface area contributed by atoms with Gasteiger partial charge in [0.15, 0.2) is 0 Å². The van der Waals surface area contributed by atoms with Gasteiger partial charge in [0.2, 0.25) is 0 Å². The molecule has 0 N–H and O–H groups in total. The highest BCUT2D eigenvalue weighted by atomic mass is 16.5. The summed E-state index contributed by atoms with van der Waals surface area (Å²) < 4.78 is 6.12. The first kappa shape index (κ1) is 24.9. The lowest BCUT2D eigenvalue weighted by atomic mass is 9.65. The van der Waals surface area contributed by atoms with Gasteiger partial charge in [0.1, 0.15) is 6.61 Å². The van der Waals surface area contributed by atoms with Gasteiger partial charge in [0.25, 0.3) is 0 Å².